The fourth-order valence-electron chi connectivity index (χ4n) is 0.668. The molecule has 0 fully saturated rings. The molecule has 0 rings (SSSR count). The van der Waals surface area contributed by atoms with Gasteiger partial charge in [0, 0.05) is 0 Å². The van der Waals surface area contributed by atoms with Crippen molar-refractivity contribution in [2.45, 2.75) is 6.92 Å². The van der Waals surface area contributed by atoms with Crippen LogP contribution in [0.4, 0.5) is 0 Å². The van der Waals surface area contributed by atoms with E-state index < -0.39 is 14.7 Å². The molecule has 0 spiro atoms. The molecule has 0 aliphatic rings. The number of hydrogen-bond acceptors (Lipinski definition) is 4. The van der Waals surface area contributed by atoms with Gasteiger partial charge in [0.05, 0.1) is 0 Å². The Morgan fingerprint density at radius 1 is 1.23 bits per heavy atom. The molecule has 0 saturated heterocycles. The summed E-state index contributed by atoms with van der Waals surface area (Å²) in [6.45, 7) is 7.51. The first-order valence-electron chi connectivity index (χ1n) is 4.11. The minimum absolute atomic E-state index is 0.317. The van der Waals surface area contributed by atoms with E-state index in [1.54, 1.807) is 6.92 Å². The van der Waals surface area contributed by atoms with Crippen molar-refractivity contribution in [1.82, 2.24) is 0 Å². The molecule has 0 amide bonds. The van der Waals surface area contributed by atoms with Gasteiger partial charge in [0.15, 0.2) is 0 Å². The van der Waals surface area contributed by atoms with Crippen LogP contribution in [-0.4, -0.2) is 40.4 Å². The SMILES string of the molecule is CCOP(=O)(OC)OP(C)(C)(C)C. The number of rotatable bonds is 5. The molecule has 0 aromatic heterocycles. The summed E-state index contributed by atoms with van der Waals surface area (Å²) in [7, 11) is -2.00. The first kappa shape index (κ1) is 13.5. The van der Waals surface area contributed by atoms with Gasteiger partial charge in [0.1, 0.15) is 0 Å². The van der Waals surface area contributed by atoms with Crippen LogP contribution >= 0.6 is 14.7 Å². The standard InChI is InChI=1S/C7H20O4P2/c1-7-10-12(8,9-2)11-13(3,4,5)6/h7H2,1-6H3. The van der Waals surface area contributed by atoms with E-state index in [2.05, 4.69) is 0 Å². The summed E-state index contributed by atoms with van der Waals surface area (Å²) < 4.78 is 26.9. The molecule has 1 unspecified atom stereocenters. The van der Waals surface area contributed by atoms with Gasteiger partial charge in [-0.15, -0.1) is 0 Å². The van der Waals surface area contributed by atoms with Crippen LogP contribution in [0.25, 0.3) is 0 Å². The quantitative estimate of drug-likeness (QED) is 0.681. The van der Waals surface area contributed by atoms with E-state index >= 15 is 0 Å². The van der Waals surface area contributed by atoms with Crippen LogP contribution in [0, 0.1) is 0 Å². The van der Waals surface area contributed by atoms with Crippen LogP contribution in [0.5, 0.6) is 0 Å². The molecule has 0 bridgehead atoms. The average molecular weight is 230 g/mol. The molecule has 0 radical (unpaired) electrons. The zero-order chi connectivity index (χ0) is 10.8. The molecule has 0 aliphatic carbocycles. The molecule has 0 saturated carbocycles. The monoisotopic (exact) mass is 230 g/mol. The Morgan fingerprint density at radius 3 is 1.92 bits per heavy atom. The van der Waals surface area contributed by atoms with Crippen LogP contribution in [-0.2, 0) is 17.9 Å². The van der Waals surface area contributed by atoms with Gasteiger partial charge in [-0.25, -0.2) is 0 Å². The van der Waals surface area contributed by atoms with Crippen molar-refractivity contribution in [3.8, 4) is 0 Å². The average Bonchev–Trinajstić information content (AvgIpc) is 1.82. The van der Waals surface area contributed by atoms with E-state index in [0.29, 0.717) is 6.61 Å². The zero-order valence-corrected chi connectivity index (χ0v) is 11.0. The van der Waals surface area contributed by atoms with E-state index in [9.17, 15) is 4.57 Å². The Bertz CT molecular complexity index is 209. The van der Waals surface area contributed by atoms with Crippen molar-refractivity contribution in [2.75, 3.05) is 40.4 Å². The first-order chi connectivity index (χ1) is 5.58. The molecule has 0 aliphatic heterocycles. The molecule has 6 heteroatoms. The fraction of sp³-hybridized carbons (Fsp3) is 1.00. The molecule has 13 heavy (non-hydrogen) atoms. The van der Waals surface area contributed by atoms with E-state index in [1.165, 1.54) is 7.11 Å². The van der Waals surface area contributed by atoms with Crippen molar-refractivity contribution < 1.29 is 17.9 Å². The van der Waals surface area contributed by atoms with Crippen LogP contribution in [0.1, 0.15) is 6.92 Å². The Kier molecular flexibility index (Phi) is 4.12. The van der Waals surface area contributed by atoms with Gasteiger partial charge in [-0.2, -0.15) is 0 Å². The fourth-order valence-corrected chi connectivity index (χ4v) is 4.74. The van der Waals surface area contributed by atoms with Crippen LogP contribution in [0.15, 0.2) is 0 Å². The molecular weight excluding hydrogens is 210 g/mol. The van der Waals surface area contributed by atoms with Gasteiger partial charge in [-0.05, 0) is 0 Å². The summed E-state index contributed by atoms with van der Waals surface area (Å²) in [5, 5.41) is 0. The van der Waals surface area contributed by atoms with Gasteiger partial charge in [0.25, 0.3) is 0 Å². The molecule has 0 aromatic carbocycles. The van der Waals surface area contributed by atoms with Crippen molar-refractivity contribution in [2.24, 2.45) is 0 Å². The summed E-state index contributed by atoms with van der Waals surface area (Å²) in [5.74, 6) is 0. The van der Waals surface area contributed by atoms with Crippen molar-refractivity contribution in [1.29, 1.82) is 0 Å². The number of phosphoric acid groups is 1. The Morgan fingerprint density at radius 2 is 1.69 bits per heavy atom. The van der Waals surface area contributed by atoms with Crippen LogP contribution in [0.3, 0.4) is 0 Å². The van der Waals surface area contributed by atoms with E-state index in [1.807, 2.05) is 26.7 Å². The Labute approximate surface area is 80.6 Å². The van der Waals surface area contributed by atoms with E-state index in [-0.39, 0.29) is 0 Å². The molecule has 0 N–H and O–H groups in total. The number of hydrogen-bond donors (Lipinski definition) is 0. The molecule has 4 nitrogen and oxygen atoms in total. The first-order valence-corrected chi connectivity index (χ1v) is 9.51. The van der Waals surface area contributed by atoms with Gasteiger partial charge < -0.3 is 0 Å². The minimum atomic E-state index is -3.33. The second-order valence-electron chi connectivity index (χ2n) is 4.54. The summed E-state index contributed by atoms with van der Waals surface area (Å²) in [6, 6.07) is 0. The van der Waals surface area contributed by atoms with E-state index in [4.69, 9.17) is 13.4 Å². The third-order valence-corrected chi connectivity index (χ3v) is 5.37. The Balaban J connectivity index is 4.56. The predicted molar refractivity (Wildman–Crippen MR) is 57.9 cm³/mol. The molecule has 0 heterocycles. The molecular formula is C7H20O4P2. The second kappa shape index (κ2) is 3.96. The van der Waals surface area contributed by atoms with E-state index in [0.717, 1.165) is 0 Å². The topological polar surface area (TPSA) is 44.8 Å². The third-order valence-electron chi connectivity index (χ3n) is 0.937. The predicted octanol–water partition coefficient (Wildman–Crippen LogP) is 2.78. The molecule has 1 atom stereocenters. The van der Waals surface area contributed by atoms with Gasteiger partial charge in [-0.3, -0.25) is 0 Å². The third kappa shape index (κ3) is 6.59. The number of phosphoric ester groups is 1. The van der Waals surface area contributed by atoms with Gasteiger partial charge in [0.2, 0.25) is 0 Å². The summed E-state index contributed by atoms with van der Waals surface area (Å²) in [4.78, 5) is 0. The summed E-state index contributed by atoms with van der Waals surface area (Å²) in [5.41, 5.74) is 0. The molecule has 0 aromatic rings. The maximum absolute atomic E-state index is 11.8. The summed E-state index contributed by atoms with van der Waals surface area (Å²) in [6.07, 6.45) is 0. The molecule has 82 valence electrons. The van der Waals surface area contributed by atoms with Gasteiger partial charge in [-0.1, -0.05) is 0 Å². The summed E-state index contributed by atoms with van der Waals surface area (Å²) >= 11 is 0. The van der Waals surface area contributed by atoms with Crippen molar-refractivity contribution >= 4 is 14.7 Å². The van der Waals surface area contributed by atoms with Crippen LogP contribution < -0.4 is 0 Å². The van der Waals surface area contributed by atoms with Crippen molar-refractivity contribution in [3.63, 3.8) is 0 Å². The normalized spacial score (nSPS) is 20.3. The second-order valence-corrected chi connectivity index (χ2v) is 13.5. The van der Waals surface area contributed by atoms with Crippen molar-refractivity contribution in [3.05, 3.63) is 0 Å². The van der Waals surface area contributed by atoms with Crippen LogP contribution in [0.2, 0.25) is 0 Å². The van der Waals surface area contributed by atoms with Gasteiger partial charge >= 0.3 is 79.9 Å². The maximum atomic E-state index is 11.8. The Hall–Kier alpha value is 0.540. The zero-order valence-electron chi connectivity index (χ0n) is 9.23.